The summed E-state index contributed by atoms with van der Waals surface area (Å²) in [5, 5.41) is 0. The second-order valence-corrected chi connectivity index (χ2v) is 7.44. The summed E-state index contributed by atoms with van der Waals surface area (Å²) in [6.45, 7) is 15.9. The highest BCUT2D eigenvalue weighted by Crippen LogP contribution is 2.35. The zero-order valence-electron chi connectivity index (χ0n) is 14.2. The zero-order chi connectivity index (χ0) is 15.6. The first-order valence-corrected chi connectivity index (χ1v) is 8.02. The number of hydrogen-bond acceptors (Lipinski definition) is 3. The third-order valence-corrected chi connectivity index (χ3v) is 4.21. The number of hydrogen-bond donors (Lipinski definition) is 1. The van der Waals surface area contributed by atoms with E-state index in [0.717, 1.165) is 38.5 Å². The first-order chi connectivity index (χ1) is 9.79. The van der Waals surface area contributed by atoms with E-state index in [1.54, 1.807) is 0 Å². The van der Waals surface area contributed by atoms with Crippen molar-refractivity contribution in [1.29, 1.82) is 0 Å². The molecule has 2 rings (SSSR count). The molecule has 3 nitrogen and oxygen atoms in total. The average molecular weight is 290 g/mol. The molecule has 1 aromatic rings. The molecule has 1 saturated heterocycles. The molecule has 2 N–H and O–H groups in total. The Bertz CT molecular complexity index is 483. The molecular weight excluding hydrogens is 260 g/mol. The SMILES string of the molecule is CC(C)c1cc(CN2CCOCC2)cc(C(C)(C)C)c1N. The second-order valence-electron chi connectivity index (χ2n) is 7.44. The van der Waals surface area contributed by atoms with Gasteiger partial charge in [0.25, 0.3) is 0 Å². The molecule has 118 valence electrons. The summed E-state index contributed by atoms with van der Waals surface area (Å²) in [6.07, 6.45) is 0. The minimum absolute atomic E-state index is 0.0781. The molecule has 0 aromatic heterocycles. The number of ether oxygens (including phenoxy) is 1. The van der Waals surface area contributed by atoms with Crippen molar-refractivity contribution in [2.45, 2.75) is 52.5 Å². The number of morpholine rings is 1. The molecule has 0 amide bonds. The predicted octanol–water partition coefficient (Wildman–Crippen LogP) is 3.52. The van der Waals surface area contributed by atoms with E-state index in [1.807, 2.05) is 0 Å². The molecule has 0 radical (unpaired) electrons. The van der Waals surface area contributed by atoms with Gasteiger partial charge in [0.2, 0.25) is 0 Å². The Kier molecular flexibility index (Phi) is 4.95. The van der Waals surface area contributed by atoms with Crippen LogP contribution in [0.1, 0.15) is 57.2 Å². The fourth-order valence-corrected chi connectivity index (χ4v) is 2.94. The Hall–Kier alpha value is -1.06. The van der Waals surface area contributed by atoms with Crippen molar-refractivity contribution in [1.82, 2.24) is 4.90 Å². The molecule has 1 fully saturated rings. The van der Waals surface area contributed by atoms with Crippen LogP contribution in [0.4, 0.5) is 5.69 Å². The summed E-state index contributed by atoms with van der Waals surface area (Å²) in [5.41, 5.74) is 11.4. The van der Waals surface area contributed by atoms with Gasteiger partial charge < -0.3 is 10.5 Å². The van der Waals surface area contributed by atoms with Gasteiger partial charge in [-0.25, -0.2) is 0 Å². The van der Waals surface area contributed by atoms with E-state index in [-0.39, 0.29) is 5.41 Å². The van der Waals surface area contributed by atoms with Crippen molar-refractivity contribution in [2.24, 2.45) is 0 Å². The summed E-state index contributed by atoms with van der Waals surface area (Å²) in [6, 6.07) is 4.60. The molecule has 1 aliphatic rings. The number of benzene rings is 1. The van der Waals surface area contributed by atoms with Crippen LogP contribution in [0.15, 0.2) is 12.1 Å². The van der Waals surface area contributed by atoms with Gasteiger partial charge in [-0.2, -0.15) is 0 Å². The van der Waals surface area contributed by atoms with Crippen molar-refractivity contribution >= 4 is 5.69 Å². The third-order valence-electron chi connectivity index (χ3n) is 4.21. The van der Waals surface area contributed by atoms with Gasteiger partial charge in [-0.15, -0.1) is 0 Å². The first kappa shape index (κ1) is 16.3. The van der Waals surface area contributed by atoms with Crippen LogP contribution >= 0.6 is 0 Å². The van der Waals surface area contributed by atoms with Crippen molar-refractivity contribution < 1.29 is 4.74 Å². The van der Waals surface area contributed by atoms with Crippen LogP contribution < -0.4 is 5.73 Å². The Morgan fingerprint density at radius 2 is 1.81 bits per heavy atom. The van der Waals surface area contributed by atoms with E-state index < -0.39 is 0 Å². The fraction of sp³-hybridized carbons (Fsp3) is 0.667. The molecule has 0 atom stereocenters. The largest absolute Gasteiger partial charge is 0.398 e. The molecule has 0 bridgehead atoms. The number of rotatable bonds is 3. The van der Waals surface area contributed by atoms with Crippen LogP contribution in [0.25, 0.3) is 0 Å². The number of nitrogens with zero attached hydrogens (tertiary/aromatic N) is 1. The molecule has 21 heavy (non-hydrogen) atoms. The van der Waals surface area contributed by atoms with Gasteiger partial charge in [0.05, 0.1) is 13.2 Å². The Morgan fingerprint density at radius 3 is 2.33 bits per heavy atom. The summed E-state index contributed by atoms with van der Waals surface area (Å²) < 4.78 is 5.43. The van der Waals surface area contributed by atoms with Gasteiger partial charge in [0, 0.05) is 25.3 Å². The molecular formula is C18H30N2O. The van der Waals surface area contributed by atoms with Gasteiger partial charge in [-0.3, -0.25) is 4.90 Å². The zero-order valence-corrected chi connectivity index (χ0v) is 14.2. The lowest BCUT2D eigenvalue weighted by Crippen LogP contribution is -2.35. The topological polar surface area (TPSA) is 38.5 Å². The van der Waals surface area contributed by atoms with E-state index >= 15 is 0 Å². The average Bonchev–Trinajstić information content (AvgIpc) is 2.40. The highest BCUT2D eigenvalue weighted by atomic mass is 16.5. The maximum Gasteiger partial charge on any atom is 0.0594 e. The van der Waals surface area contributed by atoms with E-state index in [2.05, 4.69) is 51.7 Å². The Balaban J connectivity index is 2.34. The second kappa shape index (κ2) is 6.37. The first-order valence-electron chi connectivity index (χ1n) is 8.02. The number of nitrogens with two attached hydrogens (primary N) is 1. The lowest BCUT2D eigenvalue weighted by Gasteiger charge is -2.29. The summed E-state index contributed by atoms with van der Waals surface area (Å²) in [7, 11) is 0. The fourth-order valence-electron chi connectivity index (χ4n) is 2.94. The van der Waals surface area contributed by atoms with Gasteiger partial charge >= 0.3 is 0 Å². The molecule has 1 heterocycles. The van der Waals surface area contributed by atoms with Crippen molar-refractivity contribution in [3.05, 3.63) is 28.8 Å². The summed E-state index contributed by atoms with van der Waals surface area (Å²) in [5.74, 6) is 0.454. The van der Waals surface area contributed by atoms with Crippen LogP contribution in [-0.2, 0) is 16.7 Å². The van der Waals surface area contributed by atoms with Crippen LogP contribution in [0.5, 0.6) is 0 Å². The smallest absolute Gasteiger partial charge is 0.0594 e. The van der Waals surface area contributed by atoms with E-state index in [1.165, 1.54) is 16.7 Å². The van der Waals surface area contributed by atoms with E-state index in [0.29, 0.717) is 5.92 Å². The normalized spacial score (nSPS) is 17.4. The third kappa shape index (κ3) is 3.98. The maximum atomic E-state index is 6.44. The van der Waals surface area contributed by atoms with Gasteiger partial charge in [-0.1, -0.05) is 46.8 Å². The summed E-state index contributed by atoms with van der Waals surface area (Å²) >= 11 is 0. The van der Waals surface area contributed by atoms with E-state index in [4.69, 9.17) is 10.5 Å². The van der Waals surface area contributed by atoms with Crippen LogP contribution in [0.3, 0.4) is 0 Å². The number of anilines is 1. The predicted molar refractivity (Wildman–Crippen MR) is 89.7 cm³/mol. The van der Waals surface area contributed by atoms with Gasteiger partial charge in [-0.05, 0) is 28.0 Å². The monoisotopic (exact) mass is 290 g/mol. The van der Waals surface area contributed by atoms with Crippen LogP contribution in [-0.4, -0.2) is 31.2 Å². The lowest BCUT2D eigenvalue weighted by atomic mass is 9.81. The maximum absolute atomic E-state index is 6.44. The standard InChI is InChI=1S/C18H30N2O/c1-13(2)15-10-14(12-20-6-8-21-9-7-20)11-16(17(15)19)18(3,4)5/h10-11,13H,6-9,12,19H2,1-5H3. The Labute approximate surface area is 129 Å². The van der Waals surface area contributed by atoms with Crippen molar-refractivity contribution in [3.8, 4) is 0 Å². The quantitative estimate of drug-likeness (QED) is 0.866. The minimum atomic E-state index is 0.0781. The number of nitrogen functional groups attached to an aromatic ring is 1. The van der Waals surface area contributed by atoms with Crippen molar-refractivity contribution in [3.63, 3.8) is 0 Å². The highest BCUT2D eigenvalue weighted by Gasteiger charge is 2.22. The molecule has 1 aliphatic heterocycles. The molecule has 0 saturated carbocycles. The van der Waals surface area contributed by atoms with Crippen LogP contribution in [0.2, 0.25) is 0 Å². The van der Waals surface area contributed by atoms with Crippen molar-refractivity contribution in [2.75, 3.05) is 32.0 Å². The molecule has 1 aromatic carbocycles. The van der Waals surface area contributed by atoms with Crippen LogP contribution in [0, 0.1) is 0 Å². The van der Waals surface area contributed by atoms with E-state index in [9.17, 15) is 0 Å². The molecule has 0 unspecified atom stereocenters. The molecule has 0 aliphatic carbocycles. The minimum Gasteiger partial charge on any atom is -0.398 e. The van der Waals surface area contributed by atoms with Gasteiger partial charge in [0.15, 0.2) is 0 Å². The lowest BCUT2D eigenvalue weighted by molar-refractivity contribution is 0.0341. The summed E-state index contributed by atoms with van der Waals surface area (Å²) in [4.78, 5) is 2.46. The van der Waals surface area contributed by atoms with Gasteiger partial charge in [0.1, 0.15) is 0 Å². The Morgan fingerprint density at radius 1 is 1.19 bits per heavy atom. The molecule has 0 spiro atoms. The molecule has 3 heteroatoms. The highest BCUT2D eigenvalue weighted by molar-refractivity contribution is 5.59.